The SMILES string of the molecule is COC(=O)[C@H](CCSC)NC(=O)c1ccccc1-c1ccccc1. The van der Waals surface area contributed by atoms with Gasteiger partial charge in [0.1, 0.15) is 6.04 Å². The summed E-state index contributed by atoms with van der Waals surface area (Å²) >= 11 is 1.62. The lowest BCUT2D eigenvalue weighted by Crippen LogP contribution is -2.42. The van der Waals surface area contributed by atoms with Crippen LogP contribution in [0.2, 0.25) is 0 Å². The summed E-state index contributed by atoms with van der Waals surface area (Å²) in [4.78, 5) is 24.6. The van der Waals surface area contributed by atoms with Gasteiger partial charge in [-0.15, -0.1) is 0 Å². The standard InChI is InChI=1S/C19H21NO3S/c1-23-19(22)17(12-13-24-2)20-18(21)16-11-7-6-10-15(16)14-8-4-3-5-9-14/h3-11,17H,12-13H2,1-2H3,(H,20,21)/t17-/m0/s1. The maximum Gasteiger partial charge on any atom is 0.328 e. The van der Waals surface area contributed by atoms with Gasteiger partial charge >= 0.3 is 5.97 Å². The average molecular weight is 343 g/mol. The number of hydrogen-bond donors (Lipinski definition) is 1. The molecule has 0 spiro atoms. The summed E-state index contributed by atoms with van der Waals surface area (Å²) in [6, 6.07) is 16.4. The predicted octanol–water partition coefficient (Wildman–Crippen LogP) is 3.38. The van der Waals surface area contributed by atoms with Gasteiger partial charge in [0, 0.05) is 5.56 Å². The Kier molecular flexibility index (Phi) is 6.88. The van der Waals surface area contributed by atoms with Gasteiger partial charge in [0.05, 0.1) is 7.11 Å². The van der Waals surface area contributed by atoms with Crippen LogP contribution in [0.25, 0.3) is 11.1 Å². The van der Waals surface area contributed by atoms with Crippen molar-refractivity contribution in [1.82, 2.24) is 5.32 Å². The molecule has 2 aromatic rings. The predicted molar refractivity (Wildman–Crippen MR) is 98.1 cm³/mol. The molecule has 1 atom stereocenters. The number of rotatable bonds is 7. The van der Waals surface area contributed by atoms with E-state index in [-0.39, 0.29) is 5.91 Å². The molecule has 2 aromatic carbocycles. The number of nitrogens with one attached hydrogen (secondary N) is 1. The van der Waals surface area contributed by atoms with E-state index in [4.69, 9.17) is 4.74 Å². The van der Waals surface area contributed by atoms with Gasteiger partial charge in [0.15, 0.2) is 0 Å². The topological polar surface area (TPSA) is 55.4 Å². The fourth-order valence-corrected chi connectivity index (χ4v) is 2.88. The van der Waals surface area contributed by atoms with Crippen LogP contribution in [0.15, 0.2) is 54.6 Å². The van der Waals surface area contributed by atoms with E-state index in [1.165, 1.54) is 7.11 Å². The summed E-state index contributed by atoms with van der Waals surface area (Å²) in [5, 5.41) is 2.80. The molecule has 0 saturated carbocycles. The molecule has 24 heavy (non-hydrogen) atoms. The van der Waals surface area contributed by atoms with Crippen LogP contribution in [0, 0.1) is 0 Å². The second-order valence-corrected chi connectivity index (χ2v) is 6.23. The first-order chi connectivity index (χ1) is 11.7. The number of amides is 1. The molecule has 5 heteroatoms. The number of benzene rings is 2. The third kappa shape index (κ3) is 4.61. The van der Waals surface area contributed by atoms with E-state index in [0.717, 1.165) is 16.9 Å². The van der Waals surface area contributed by atoms with Crippen molar-refractivity contribution in [2.24, 2.45) is 0 Å². The molecule has 0 unspecified atom stereocenters. The van der Waals surface area contributed by atoms with Gasteiger partial charge in [-0.2, -0.15) is 11.8 Å². The fourth-order valence-electron chi connectivity index (χ4n) is 2.41. The largest absolute Gasteiger partial charge is 0.467 e. The quantitative estimate of drug-likeness (QED) is 0.783. The first-order valence-electron chi connectivity index (χ1n) is 7.69. The molecule has 0 aliphatic heterocycles. The molecule has 0 aromatic heterocycles. The Morgan fingerprint density at radius 1 is 1.08 bits per heavy atom. The van der Waals surface area contributed by atoms with E-state index >= 15 is 0 Å². The van der Waals surface area contributed by atoms with Gasteiger partial charge in [-0.05, 0) is 35.6 Å². The monoisotopic (exact) mass is 343 g/mol. The number of methoxy groups -OCH3 is 1. The van der Waals surface area contributed by atoms with Crippen LogP contribution in [0.5, 0.6) is 0 Å². The molecular formula is C19H21NO3S. The van der Waals surface area contributed by atoms with E-state index in [1.807, 2.05) is 54.8 Å². The molecule has 0 heterocycles. The third-order valence-corrected chi connectivity index (χ3v) is 4.30. The van der Waals surface area contributed by atoms with E-state index in [9.17, 15) is 9.59 Å². The van der Waals surface area contributed by atoms with Crippen molar-refractivity contribution in [3.63, 3.8) is 0 Å². The van der Waals surface area contributed by atoms with Crippen molar-refractivity contribution in [3.05, 3.63) is 60.2 Å². The highest BCUT2D eigenvalue weighted by molar-refractivity contribution is 7.98. The van der Waals surface area contributed by atoms with Crippen molar-refractivity contribution in [3.8, 4) is 11.1 Å². The molecule has 0 aliphatic carbocycles. The van der Waals surface area contributed by atoms with Gasteiger partial charge in [0.25, 0.3) is 5.91 Å². The number of esters is 1. The van der Waals surface area contributed by atoms with Gasteiger partial charge < -0.3 is 10.1 Å². The van der Waals surface area contributed by atoms with E-state index in [0.29, 0.717) is 12.0 Å². The molecule has 1 N–H and O–H groups in total. The summed E-state index contributed by atoms with van der Waals surface area (Å²) in [7, 11) is 1.33. The van der Waals surface area contributed by atoms with Gasteiger partial charge in [-0.3, -0.25) is 4.79 Å². The van der Waals surface area contributed by atoms with Gasteiger partial charge in [0.2, 0.25) is 0 Å². The summed E-state index contributed by atoms with van der Waals surface area (Å²) in [5.41, 5.74) is 2.34. The van der Waals surface area contributed by atoms with Crippen LogP contribution in [0.3, 0.4) is 0 Å². The molecule has 4 nitrogen and oxygen atoms in total. The minimum atomic E-state index is -0.640. The number of thioether (sulfide) groups is 1. The minimum Gasteiger partial charge on any atom is -0.467 e. The molecule has 0 fully saturated rings. The molecule has 0 bridgehead atoms. The molecule has 0 aliphatic rings. The van der Waals surface area contributed by atoms with Crippen LogP contribution in [0.1, 0.15) is 16.8 Å². The van der Waals surface area contributed by atoms with Crippen LogP contribution in [0.4, 0.5) is 0 Å². The van der Waals surface area contributed by atoms with Crippen molar-refractivity contribution in [2.45, 2.75) is 12.5 Å². The minimum absolute atomic E-state index is 0.272. The smallest absolute Gasteiger partial charge is 0.328 e. The van der Waals surface area contributed by atoms with Crippen molar-refractivity contribution in [2.75, 3.05) is 19.1 Å². The summed E-state index contributed by atoms with van der Waals surface area (Å²) in [6.07, 6.45) is 2.49. The highest BCUT2D eigenvalue weighted by Gasteiger charge is 2.23. The second-order valence-electron chi connectivity index (χ2n) is 5.24. The lowest BCUT2D eigenvalue weighted by Gasteiger charge is -2.17. The molecule has 0 saturated heterocycles. The van der Waals surface area contributed by atoms with Crippen molar-refractivity contribution in [1.29, 1.82) is 0 Å². The van der Waals surface area contributed by atoms with Crippen LogP contribution >= 0.6 is 11.8 Å². The zero-order valence-electron chi connectivity index (χ0n) is 13.8. The molecule has 1 amide bonds. The Bertz CT molecular complexity index is 688. The Morgan fingerprint density at radius 2 is 1.75 bits per heavy atom. The summed E-state index contributed by atoms with van der Waals surface area (Å²) in [6.45, 7) is 0. The van der Waals surface area contributed by atoms with Crippen molar-refractivity contribution < 1.29 is 14.3 Å². The number of hydrogen-bond acceptors (Lipinski definition) is 4. The number of carbonyl (C=O) groups is 2. The summed E-state index contributed by atoms with van der Waals surface area (Å²) < 4.78 is 4.80. The highest BCUT2D eigenvalue weighted by atomic mass is 32.2. The Balaban J connectivity index is 2.24. The van der Waals surface area contributed by atoms with Crippen LogP contribution in [-0.2, 0) is 9.53 Å². The second kappa shape index (κ2) is 9.13. The first-order valence-corrected chi connectivity index (χ1v) is 9.09. The van der Waals surface area contributed by atoms with Crippen LogP contribution in [-0.4, -0.2) is 37.0 Å². The van der Waals surface area contributed by atoms with Gasteiger partial charge in [-0.1, -0.05) is 48.5 Å². The Labute approximate surface area is 146 Å². The number of ether oxygens (including phenoxy) is 1. The van der Waals surface area contributed by atoms with Gasteiger partial charge in [-0.25, -0.2) is 4.79 Å². The molecular weight excluding hydrogens is 322 g/mol. The fraction of sp³-hybridized carbons (Fsp3) is 0.263. The van der Waals surface area contributed by atoms with Crippen molar-refractivity contribution >= 4 is 23.6 Å². The maximum absolute atomic E-state index is 12.7. The normalized spacial score (nSPS) is 11.6. The maximum atomic E-state index is 12.7. The molecule has 126 valence electrons. The van der Waals surface area contributed by atoms with E-state index in [1.54, 1.807) is 17.8 Å². The zero-order valence-corrected chi connectivity index (χ0v) is 14.6. The number of carbonyl (C=O) groups excluding carboxylic acids is 2. The molecule has 0 radical (unpaired) electrons. The summed E-state index contributed by atoms with van der Waals surface area (Å²) in [5.74, 6) is 0.0703. The Hall–Kier alpha value is -2.27. The third-order valence-electron chi connectivity index (χ3n) is 3.66. The Morgan fingerprint density at radius 3 is 2.42 bits per heavy atom. The first kappa shape index (κ1) is 18.1. The highest BCUT2D eigenvalue weighted by Crippen LogP contribution is 2.23. The van der Waals surface area contributed by atoms with E-state index < -0.39 is 12.0 Å². The lowest BCUT2D eigenvalue weighted by molar-refractivity contribution is -0.142. The lowest BCUT2D eigenvalue weighted by atomic mass is 9.99. The average Bonchev–Trinajstić information content (AvgIpc) is 2.65. The van der Waals surface area contributed by atoms with Crippen LogP contribution < -0.4 is 5.32 Å². The zero-order chi connectivity index (χ0) is 17.4. The molecule has 2 rings (SSSR count). The van der Waals surface area contributed by atoms with E-state index in [2.05, 4.69) is 5.32 Å².